The molecule has 0 unspecified atom stereocenters. The fourth-order valence-electron chi connectivity index (χ4n) is 2.83. The van der Waals surface area contributed by atoms with Gasteiger partial charge in [-0.2, -0.15) is 0 Å². The lowest BCUT2D eigenvalue weighted by Gasteiger charge is -2.35. The SMILES string of the molecule is CCOC1(c2nc(CC)c(CN)s2)CCCCC1. The van der Waals surface area contributed by atoms with E-state index >= 15 is 0 Å². The first-order valence-corrected chi connectivity index (χ1v) is 7.90. The highest BCUT2D eigenvalue weighted by Gasteiger charge is 2.37. The van der Waals surface area contributed by atoms with E-state index in [-0.39, 0.29) is 5.60 Å². The first-order valence-electron chi connectivity index (χ1n) is 7.08. The first-order chi connectivity index (χ1) is 8.75. The third-order valence-corrected chi connectivity index (χ3v) is 5.08. The molecular weight excluding hydrogens is 244 g/mol. The summed E-state index contributed by atoms with van der Waals surface area (Å²) in [6.45, 7) is 5.59. The lowest BCUT2D eigenvalue weighted by molar-refractivity contribution is -0.0705. The molecule has 102 valence electrons. The van der Waals surface area contributed by atoms with E-state index in [0.29, 0.717) is 6.54 Å². The average molecular weight is 268 g/mol. The number of ether oxygens (including phenoxy) is 1. The third kappa shape index (κ3) is 2.60. The Labute approximate surface area is 114 Å². The summed E-state index contributed by atoms with van der Waals surface area (Å²) in [4.78, 5) is 6.06. The van der Waals surface area contributed by atoms with Crippen LogP contribution in [0.15, 0.2) is 0 Å². The van der Waals surface area contributed by atoms with Crippen molar-refractivity contribution in [2.75, 3.05) is 6.61 Å². The second-order valence-corrected chi connectivity index (χ2v) is 6.02. The monoisotopic (exact) mass is 268 g/mol. The van der Waals surface area contributed by atoms with Crippen molar-refractivity contribution in [3.8, 4) is 0 Å². The van der Waals surface area contributed by atoms with Crippen LogP contribution in [0.5, 0.6) is 0 Å². The maximum Gasteiger partial charge on any atom is 0.125 e. The summed E-state index contributed by atoms with van der Waals surface area (Å²) < 4.78 is 6.12. The largest absolute Gasteiger partial charge is 0.368 e. The number of nitrogens with zero attached hydrogens (tertiary/aromatic N) is 1. The summed E-state index contributed by atoms with van der Waals surface area (Å²) in [7, 11) is 0. The Kier molecular flexibility index (Phi) is 4.76. The zero-order chi connectivity index (χ0) is 13.0. The van der Waals surface area contributed by atoms with Gasteiger partial charge >= 0.3 is 0 Å². The molecule has 0 atom stereocenters. The summed E-state index contributed by atoms with van der Waals surface area (Å²) in [5.41, 5.74) is 6.87. The number of hydrogen-bond acceptors (Lipinski definition) is 4. The molecule has 2 N–H and O–H groups in total. The highest BCUT2D eigenvalue weighted by atomic mass is 32.1. The Morgan fingerprint density at radius 3 is 2.50 bits per heavy atom. The maximum atomic E-state index is 6.12. The summed E-state index contributed by atoms with van der Waals surface area (Å²) in [6.07, 6.45) is 7.01. The molecular formula is C14H24N2OS. The molecule has 1 heterocycles. The Balaban J connectivity index is 2.32. The van der Waals surface area contributed by atoms with Crippen LogP contribution in [-0.4, -0.2) is 11.6 Å². The van der Waals surface area contributed by atoms with Crippen LogP contribution in [0.25, 0.3) is 0 Å². The highest BCUT2D eigenvalue weighted by Crippen LogP contribution is 2.42. The molecule has 1 saturated carbocycles. The third-order valence-electron chi connectivity index (χ3n) is 3.77. The number of hydrogen-bond donors (Lipinski definition) is 1. The molecule has 1 aliphatic carbocycles. The molecule has 1 aromatic heterocycles. The summed E-state index contributed by atoms with van der Waals surface area (Å²) in [6, 6.07) is 0. The van der Waals surface area contributed by atoms with E-state index in [1.807, 2.05) is 0 Å². The van der Waals surface area contributed by atoms with Gasteiger partial charge in [0.1, 0.15) is 10.6 Å². The maximum absolute atomic E-state index is 6.12. The molecule has 3 nitrogen and oxygen atoms in total. The van der Waals surface area contributed by atoms with Gasteiger partial charge in [-0.25, -0.2) is 4.98 Å². The van der Waals surface area contributed by atoms with Gasteiger partial charge in [-0.1, -0.05) is 26.2 Å². The Morgan fingerprint density at radius 1 is 1.28 bits per heavy atom. The zero-order valence-corrected chi connectivity index (χ0v) is 12.3. The van der Waals surface area contributed by atoms with Crippen molar-refractivity contribution in [2.24, 2.45) is 5.73 Å². The van der Waals surface area contributed by atoms with Gasteiger partial charge in [-0.3, -0.25) is 0 Å². The van der Waals surface area contributed by atoms with E-state index in [4.69, 9.17) is 15.5 Å². The van der Waals surface area contributed by atoms with Crippen molar-refractivity contribution < 1.29 is 4.74 Å². The van der Waals surface area contributed by atoms with Crippen LogP contribution in [0.2, 0.25) is 0 Å². The van der Waals surface area contributed by atoms with Gasteiger partial charge in [0, 0.05) is 18.0 Å². The standard InChI is InChI=1S/C14H24N2OS/c1-3-11-12(10-15)18-13(16-11)14(17-4-2)8-6-5-7-9-14/h3-10,15H2,1-2H3. The predicted molar refractivity (Wildman–Crippen MR) is 75.8 cm³/mol. The number of rotatable bonds is 5. The topological polar surface area (TPSA) is 48.1 Å². The van der Waals surface area contributed by atoms with Gasteiger partial charge in [0.15, 0.2) is 0 Å². The van der Waals surface area contributed by atoms with E-state index in [9.17, 15) is 0 Å². The lowest BCUT2D eigenvalue weighted by Crippen LogP contribution is -2.32. The number of aryl methyl sites for hydroxylation is 1. The van der Waals surface area contributed by atoms with E-state index < -0.39 is 0 Å². The Hall–Kier alpha value is -0.450. The minimum Gasteiger partial charge on any atom is -0.368 e. The van der Waals surface area contributed by atoms with Crippen molar-refractivity contribution in [2.45, 2.75) is 64.5 Å². The van der Waals surface area contributed by atoms with E-state index in [1.165, 1.54) is 34.8 Å². The van der Waals surface area contributed by atoms with Crippen molar-refractivity contribution in [1.82, 2.24) is 4.98 Å². The molecule has 0 aliphatic heterocycles. The van der Waals surface area contributed by atoms with Crippen LogP contribution in [0.4, 0.5) is 0 Å². The Morgan fingerprint density at radius 2 is 2.00 bits per heavy atom. The molecule has 0 spiro atoms. The summed E-state index contributed by atoms with van der Waals surface area (Å²) in [5.74, 6) is 0. The van der Waals surface area contributed by atoms with Crippen LogP contribution >= 0.6 is 11.3 Å². The summed E-state index contributed by atoms with van der Waals surface area (Å²) in [5, 5.41) is 1.17. The van der Waals surface area contributed by atoms with Crippen LogP contribution in [-0.2, 0) is 23.3 Å². The molecule has 2 rings (SSSR count). The molecule has 4 heteroatoms. The average Bonchev–Trinajstić information content (AvgIpc) is 2.84. The van der Waals surface area contributed by atoms with Gasteiger partial charge in [0.2, 0.25) is 0 Å². The molecule has 0 saturated heterocycles. The minimum atomic E-state index is -0.116. The first kappa shape index (κ1) is 14.0. The Bertz CT molecular complexity index is 356. The van der Waals surface area contributed by atoms with Crippen LogP contribution in [0, 0.1) is 0 Å². The fourth-order valence-corrected chi connectivity index (χ4v) is 4.06. The van der Waals surface area contributed by atoms with Crippen LogP contribution < -0.4 is 5.73 Å². The van der Waals surface area contributed by atoms with Crippen LogP contribution in [0.3, 0.4) is 0 Å². The number of nitrogens with two attached hydrogens (primary N) is 1. The highest BCUT2D eigenvalue weighted by molar-refractivity contribution is 7.11. The second kappa shape index (κ2) is 6.13. The van der Waals surface area contributed by atoms with E-state index in [0.717, 1.165) is 25.9 Å². The van der Waals surface area contributed by atoms with Crippen molar-refractivity contribution in [3.05, 3.63) is 15.6 Å². The van der Waals surface area contributed by atoms with Crippen molar-refractivity contribution >= 4 is 11.3 Å². The molecule has 1 aliphatic rings. The van der Waals surface area contributed by atoms with Gasteiger partial charge in [0.05, 0.1) is 5.69 Å². The van der Waals surface area contributed by atoms with Crippen molar-refractivity contribution in [1.29, 1.82) is 0 Å². The fraction of sp³-hybridized carbons (Fsp3) is 0.786. The van der Waals surface area contributed by atoms with Gasteiger partial charge < -0.3 is 10.5 Å². The zero-order valence-electron chi connectivity index (χ0n) is 11.5. The molecule has 0 bridgehead atoms. The molecule has 18 heavy (non-hydrogen) atoms. The summed E-state index contributed by atoms with van der Waals surface area (Å²) >= 11 is 1.77. The van der Waals surface area contributed by atoms with Crippen LogP contribution in [0.1, 0.15) is 61.5 Å². The molecule has 1 aromatic rings. The van der Waals surface area contributed by atoms with Gasteiger partial charge in [0.25, 0.3) is 0 Å². The minimum absolute atomic E-state index is 0.116. The molecule has 0 aromatic carbocycles. The molecule has 0 amide bonds. The lowest BCUT2D eigenvalue weighted by atomic mass is 9.85. The van der Waals surface area contributed by atoms with Gasteiger partial charge in [-0.15, -0.1) is 11.3 Å². The smallest absolute Gasteiger partial charge is 0.125 e. The van der Waals surface area contributed by atoms with Crippen molar-refractivity contribution in [3.63, 3.8) is 0 Å². The second-order valence-electron chi connectivity index (χ2n) is 4.93. The molecule has 1 fully saturated rings. The number of thiazole rings is 1. The van der Waals surface area contributed by atoms with E-state index in [1.54, 1.807) is 11.3 Å². The number of aromatic nitrogens is 1. The predicted octanol–water partition coefficient (Wildman–Crippen LogP) is 3.36. The quantitative estimate of drug-likeness (QED) is 0.890. The van der Waals surface area contributed by atoms with Gasteiger partial charge in [-0.05, 0) is 26.2 Å². The molecule has 0 radical (unpaired) electrons. The van der Waals surface area contributed by atoms with E-state index in [2.05, 4.69) is 13.8 Å². The normalized spacial score (nSPS) is 19.1.